The Hall–Kier alpha value is -2.24. The number of hydrogen-bond acceptors (Lipinski definition) is 3. The van der Waals surface area contributed by atoms with Crippen molar-refractivity contribution in [3.05, 3.63) is 47.3 Å². The van der Waals surface area contributed by atoms with Crippen LogP contribution in [0.25, 0.3) is 0 Å². The van der Waals surface area contributed by atoms with Crippen molar-refractivity contribution >= 4 is 5.91 Å². The molecule has 0 N–H and O–H groups in total. The number of halogens is 1. The summed E-state index contributed by atoms with van der Waals surface area (Å²) < 4.78 is 16.1. The number of aryl methyl sites for hydroxylation is 2. The van der Waals surface area contributed by atoms with Gasteiger partial charge >= 0.3 is 0 Å². The molecular formula is C21H27FN4O. The standard InChI is InChI=1S/C21H27FN4O/c22-18-9-4-3-7-16(18)11-12-20(27)25-13-6-8-17(15-25)21-24-23-19-10-2-1-5-14-26(19)21/h3-4,7,9,17H,1-2,5-6,8,10-15H2. The van der Waals surface area contributed by atoms with E-state index in [4.69, 9.17) is 0 Å². The lowest BCUT2D eigenvalue weighted by molar-refractivity contribution is -0.132. The minimum Gasteiger partial charge on any atom is -0.342 e. The number of carbonyl (C=O) groups excluding carboxylic acids is 1. The SMILES string of the molecule is O=C(CCc1ccccc1F)N1CCCC(c2nnc3n2CCCCC3)C1. The quantitative estimate of drug-likeness (QED) is 0.828. The van der Waals surface area contributed by atoms with E-state index in [-0.39, 0.29) is 17.6 Å². The summed E-state index contributed by atoms with van der Waals surface area (Å²) in [6.45, 7) is 2.48. The lowest BCUT2D eigenvalue weighted by atomic mass is 9.96. The number of piperidine rings is 1. The van der Waals surface area contributed by atoms with Gasteiger partial charge in [0, 0.05) is 38.4 Å². The summed E-state index contributed by atoms with van der Waals surface area (Å²) in [5, 5.41) is 8.90. The molecule has 1 amide bonds. The number of carbonyl (C=O) groups is 1. The Morgan fingerprint density at radius 1 is 1.11 bits per heavy atom. The first kappa shape index (κ1) is 18.1. The molecule has 0 aliphatic carbocycles. The van der Waals surface area contributed by atoms with E-state index in [0.717, 1.165) is 44.0 Å². The van der Waals surface area contributed by atoms with Crippen molar-refractivity contribution in [2.45, 2.75) is 63.8 Å². The van der Waals surface area contributed by atoms with Gasteiger partial charge in [0.25, 0.3) is 0 Å². The molecule has 144 valence electrons. The van der Waals surface area contributed by atoms with Crippen molar-refractivity contribution in [1.29, 1.82) is 0 Å². The van der Waals surface area contributed by atoms with Crippen molar-refractivity contribution < 1.29 is 9.18 Å². The Morgan fingerprint density at radius 2 is 2.00 bits per heavy atom. The topological polar surface area (TPSA) is 51.0 Å². The maximum absolute atomic E-state index is 13.8. The third-order valence-corrected chi connectivity index (χ3v) is 5.84. The number of likely N-dealkylation sites (tertiary alicyclic amines) is 1. The molecule has 0 bridgehead atoms. The first-order valence-electron chi connectivity index (χ1n) is 10.2. The Labute approximate surface area is 159 Å². The molecule has 1 fully saturated rings. The molecule has 5 nitrogen and oxygen atoms in total. The van der Waals surface area contributed by atoms with E-state index >= 15 is 0 Å². The van der Waals surface area contributed by atoms with E-state index in [2.05, 4.69) is 14.8 Å². The van der Waals surface area contributed by atoms with E-state index in [9.17, 15) is 9.18 Å². The Bertz CT molecular complexity index is 803. The van der Waals surface area contributed by atoms with Gasteiger partial charge in [-0.3, -0.25) is 4.79 Å². The van der Waals surface area contributed by atoms with Crippen LogP contribution in [0.15, 0.2) is 24.3 Å². The number of amides is 1. The van der Waals surface area contributed by atoms with Gasteiger partial charge in [0.15, 0.2) is 0 Å². The van der Waals surface area contributed by atoms with Gasteiger partial charge in [-0.1, -0.05) is 24.6 Å². The molecule has 1 unspecified atom stereocenters. The van der Waals surface area contributed by atoms with Crippen LogP contribution in [0, 0.1) is 5.82 Å². The third kappa shape index (κ3) is 4.04. The van der Waals surface area contributed by atoms with Crippen LogP contribution in [0.1, 0.15) is 61.7 Å². The molecule has 6 heteroatoms. The predicted molar refractivity (Wildman–Crippen MR) is 101 cm³/mol. The molecule has 0 radical (unpaired) electrons. The molecule has 27 heavy (non-hydrogen) atoms. The summed E-state index contributed by atoms with van der Waals surface area (Å²) >= 11 is 0. The fourth-order valence-corrected chi connectivity index (χ4v) is 4.32. The zero-order valence-electron chi connectivity index (χ0n) is 15.7. The van der Waals surface area contributed by atoms with Crippen molar-refractivity contribution in [2.75, 3.05) is 13.1 Å². The van der Waals surface area contributed by atoms with Crippen molar-refractivity contribution in [3.63, 3.8) is 0 Å². The molecule has 1 aromatic carbocycles. The molecule has 1 aromatic heterocycles. The van der Waals surface area contributed by atoms with Crippen LogP contribution in [0.3, 0.4) is 0 Å². The first-order chi connectivity index (χ1) is 13.2. The van der Waals surface area contributed by atoms with Crippen LogP contribution in [-0.2, 0) is 24.2 Å². The Kier molecular flexibility index (Phi) is 5.50. The van der Waals surface area contributed by atoms with Crippen LogP contribution in [-0.4, -0.2) is 38.7 Å². The van der Waals surface area contributed by atoms with Gasteiger partial charge in [-0.2, -0.15) is 0 Å². The molecular weight excluding hydrogens is 343 g/mol. The predicted octanol–water partition coefficient (Wildman–Crippen LogP) is 3.48. The fourth-order valence-electron chi connectivity index (χ4n) is 4.32. The smallest absolute Gasteiger partial charge is 0.222 e. The second-order valence-corrected chi connectivity index (χ2v) is 7.71. The highest BCUT2D eigenvalue weighted by Crippen LogP contribution is 2.28. The third-order valence-electron chi connectivity index (χ3n) is 5.84. The molecule has 2 aliphatic heterocycles. The van der Waals surface area contributed by atoms with Gasteiger partial charge < -0.3 is 9.47 Å². The number of fused-ring (bicyclic) bond motifs is 1. The number of aromatic nitrogens is 3. The summed E-state index contributed by atoms with van der Waals surface area (Å²) in [5.74, 6) is 2.30. The molecule has 2 aromatic rings. The number of benzene rings is 1. The minimum absolute atomic E-state index is 0.110. The van der Waals surface area contributed by atoms with E-state index < -0.39 is 0 Å². The van der Waals surface area contributed by atoms with Gasteiger partial charge in [-0.25, -0.2) is 4.39 Å². The molecule has 1 atom stereocenters. The summed E-state index contributed by atoms with van der Waals surface area (Å²) in [6.07, 6.45) is 7.45. The number of nitrogens with zero attached hydrogens (tertiary/aromatic N) is 4. The summed E-state index contributed by atoms with van der Waals surface area (Å²) in [5.41, 5.74) is 0.613. The van der Waals surface area contributed by atoms with Crippen LogP contribution in [0.5, 0.6) is 0 Å². The molecule has 4 rings (SSSR count). The summed E-state index contributed by atoms with van der Waals surface area (Å²) in [6, 6.07) is 6.70. The summed E-state index contributed by atoms with van der Waals surface area (Å²) in [4.78, 5) is 14.6. The van der Waals surface area contributed by atoms with Crippen LogP contribution in [0.4, 0.5) is 4.39 Å². The second kappa shape index (κ2) is 8.19. The lowest BCUT2D eigenvalue weighted by Crippen LogP contribution is -2.40. The van der Waals surface area contributed by atoms with Crippen LogP contribution >= 0.6 is 0 Å². The van der Waals surface area contributed by atoms with Crippen molar-refractivity contribution in [1.82, 2.24) is 19.7 Å². The monoisotopic (exact) mass is 370 g/mol. The Balaban J connectivity index is 1.40. The van der Waals surface area contributed by atoms with E-state index in [1.54, 1.807) is 12.1 Å². The normalized spacial score (nSPS) is 20.2. The highest BCUT2D eigenvalue weighted by molar-refractivity contribution is 5.76. The van der Waals surface area contributed by atoms with Gasteiger partial charge in [-0.05, 0) is 43.7 Å². The fraction of sp³-hybridized carbons (Fsp3) is 0.571. The highest BCUT2D eigenvalue weighted by Gasteiger charge is 2.29. The largest absolute Gasteiger partial charge is 0.342 e. The summed E-state index contributed by atoms with van der Waals surface area (Å²) in [7, 11) is 0. The first-order valence-corrected chi connectivity index (χ1v) is 10.2. The van der Waals surface area contributed by atoms with E-state index in [1.165, 1.54) is 25.3 Å². The van der Waals surface area contributed by atoms with Crippen LogP contribution in [0.2, 0.25) is 0 Å². The van der Waals surface area contributed by atoms with Gasteiger partial charge in [0.2, 0.25) is 5.91 Å². The molecule has 0 spiro atoms. The van der Waals surface area contributed by atoms with Crippen LogP contribution < -0.4 is 0 Å². The van der Waals surface area contributed by atoms with Crippen molar-refractivity contribution in [3.8, 4) is 0 Å². The highest BCUT2D eigenvalue weighted by atomic mass is 19.1. The Morgan fingerprint density at radius 3 is 2.89 bits per heavy atom. The van der Waals surface area contributed by atoms with Gasteiger partial charge in [0.1, 0.15) is 17.5 Å². The zero-order chi connectivity index (χ0) is 18.6. The maximum Gasteiger partial charge on any atom is 0.222 e. The number of rotatable bonds is 4. The number of hydrogen-bond donors (Lipinski definition) is 0. The molecule has 0 saturated carbocycles. The molecule has 1 saturated heterocycles. The average Bonchev–Trinajstić information content (AvgIpc) is 2.95. The second-order valence-electron chi connectivity index (χ2n) is 7.71. The average molecular weight is 370 g/mol. The van der Waals surface area contributed by atoms with Gasteiger partial charge in [0.05, 0.1) is 0 Å². The van der Waals surface area contributed by atoms with Gasteiger partial charge in [-0.15, -0.1) is 10.2 Å². The maximum atomic E-state index is 13.8. The molecule has 3 heterocycles. The van der Waals surface area contributed by atoms with E-state index in [0.29, 0.717) is 24.9 Å². The minimum atomic E-state index is -0.229. The van der Waals surface area contributed by atoms with Crippen molar-refractivity contribution in [2.24, 2.45) is 0 Å². The molecule has 2 aliphatic rings. The lowest BCUT2D eigenvalue weighted by Gasteiger charge is -2.32. The zero-order valence-corrected chi connectivity index (χ0v) is 15.7. The van der Waals surface area contributed by atoms with E-state index in [1.807, 2.05) is 11.0 Å².